The lowest BCUT2D eigenvalue weighted by Gasteiger charge is -2.27. The van der Waals surface area contributed by atoms with Gasteiger partial charge in [0.2, 0.25) is 5.91 Å². The molecule has 0 spiro atoms. The van der Waals surface area contributed by atoms with Crippen LogP contribution in [0.25, 0.3) is 0 Å². The molecule has 0 bridgehead atoms. The second-order valence-corrected chi connectivity index (χ2v) is 5.74. The molecule has 1 aliphatic heterocycles. The number of halogens is 1. The van der Waals surface area contributed by atoms with Gasteiger partial charge in [0.05, 0.1) is 6.04 Å². The molecule has 2 rings (SSSR count). The van der Waals surface area contributed by atoms with Crippen molar-refractivity contribution in [3.63, 3.8) is 0 Å². The van der Waals surface area contributed by atoms with Gasteiger partial charge in [-0.05, 0) is 37.1 Å². The number of hydrogen-bond donors (Lipinski definition) is 1. The third-order valence-electron chi connectivity index (χ3n) is 3.29. The van der Waals surface area contributed by atoms with Crippen LogP contribution in [0, 0.1) is 0 Å². The molecule has 0 radical (unpaired) electrons. The van der Waals surface area contributed by atoms with E-state index in [4.69, 9.17) is 0 Å². The van der Waals surface area contributed by atoms with Gasteiger partial charge in [-0.25, -0.2) is 0 Å². The molecule has 1 aliphatic rings. The zero-order valence-electron chi connectivity index (χ0n) is 10.7. The van der Waals surface area contributed by atoms with E-state index in [0.29, 0.717) is 6.54 Å². The number of carbonyl (C=O) groups is 1. The van der Waals surface area contributed by atoms with Gasteiger partial charge in [-0.1, -0.05) is 34.5 Å². The molecule has 0 saturated carbocycles. The van der Waals surface area contributed by atoms with Crippen LogP contribution in [0.2, 0.25) is 0 Å². The predicted molar refractivity (Wildman–Crippen MR) is 76.3 cm³/mol. The lowest BCUT2D eigenvalue weighted by atomic mass is 10.0. The van der Waals surface area contributed by atoms with Gasteiger partial charge in [-0.2, -0.15) is 0 Å². The molecule has 1 saturated heterocycles. The van der Waals surface area contributed by atoms with Gasteiger partial charge in [0.25, 0.3) is 0 Å². The summed E-state index contributed by atoms with van der Waals surface area (Å²) in [5.41, 5.74) is 1.15. The summed E-state index contributed by atoms with van der Waals surface area (Å²) in [5.74, 6) is 0.203. The Bertz CT molecular complexity index is 416. The summed E-state index contributed by atoms with van der Waals surface area (Å²) in [4.78, 5) is 14.0. The maximum Gasteiger partial charge on any atom is 0.239 e. The fourth-order valence-electron chi connectivity index (χ4n) is 2.32. The zero-order valence-corrected chi connectivity index (χ0v) is 12.2. The minimum Gasteiger partial charge on any atom is -0.340 e. The van der Waals surface area contributed by atoms with Crippen LogP contribution >= 0.6 is 15.9 Å². The van der Waals surface area contributed by atoms with Gasteiger partial charge in [-0.3, -0.25) is 4.79 Å². The predicted octanol–water partition coefficient (Wildman–Crippen LogP) is 2.55. The average molecular weight is 311 g/mol. The minimum absolute atomic E-state index is 0.0101. The number of amides is 1. The first kappa shape index (κ1) is 13.6. The molecule has 1 heterocycles. The topological polar surface area (TPSA) is 32.3 Å². The Hall–Kier alpha value is -0.870. The third-order valence-corrected chi connectivity index (χ3v) is 3.79. The largest absolute Gasteiger partial charge is 0.340 e. The minimum atomic E-state index is 0.0101. The summed E-state index contributed by atoms with van der Waals surface area (Å²) >= 11 is 3.45. The molecule has 1 aromatic carbocycles. The zero-order chi connectivity index (χ0) is 13.0. The molecular formula is C14H19BrN2O. The number of nitrogens with one attached hydrogen (secondary N) is 1. The maximum atomic E-state index is 12.2. The van der Waals surface area contributed by atoms with E-state index in [0.717, 1.165) is 29.4 Å². The van der Waals surface area contributed by atoms with Crippen LogP contribution in [-0.4, -0.2) is 30.4 Å². The molecule has 0 unspecified atom stereocenters. The van der Waals surface area contributed by atoms with Crippen molar-refractivity contribution in [2.24, 2.45) is 0 Å². The van der Waals surface area contributed by atoms with Crippen LogP contribution in [0.3, 0.4) is 0 Å². The van der Waals surface area contributed by atoms with Crippen LogP contribution < -0.4 is 5.32 Å². The van der Waals surface area contributed by atoms with Gasteiger partial charge in [0, 0.05) is 18.1 Å². The quantitative estimate of drug-likeness (QED) is 0.930. The van der Waals surface area contributed by atoms with E-state index in [1.165, 1.54) is 6.42 Å². The molecule has 3 nitrogen and oxygen atoms in total. The van der Waals surface area contributed by atoms with Crippen molar-refractivity contribution in [2.75, 3.05) is 13.6 Å². The molecule has 98 valence electrons. The van der Waals surface area contributed by atoms with E-state index in [1.54, 1.807) is 0 Å². The van der Waals surface area contributed by atoms with Crippen molar-refractivity contribution < 1.29 is 4.79 Å². The first-order valence-corrected chi connectivity index (χ1v) is 7.19. The van der Waals surface area contributed by atoms with Crippen LogP contribution in [0.1, 0.15) is 24.8 Å². The van der Waals surface area contributed by atoms with E-state index in [1.807, 2.05) is 30.1 Å². The molecule has 1 amide bonds. The van der Waals surface area contributed by atoms with Crippen LogP contribution in [0.15, 0.2) is 28.7 Å². The van der Waals surface area contributed by atoms with Crippen molar-refractivity contribution in [2.45, 2.75) is 31.8 Å². The maximum absolute atomic E-state index is 12.2. The molecule has 1 fully saturated rings. The van der Waals surface area contributed by atoms with E-state index in [2.05, 4.69) is 27.3 Å². The smallest absolute Gasteiger partial charge is 0.239 e. The number of nitrogens with zero attached hydrogens (tertiary/aromatic N) is 1. The summed E-state index contributed by atoms with van der Waals surface area (Å²) in [7, 11) is 1.87. The SMILES string of the molecule is CN(Cc1cccc(Br)c1)C(=O)[C@H]1CCCCN1. The summed E-state index contributed by atoms with van der Waals surface area (Å²) in [5, 5.41) is 3.30. The lowest BCUT2D eigenvalue weighted by molar-refractivity contribution is -0.133. The Labute approximate surface area is 117 Å². The summed E-state index contributed by atoms with van der Waals surface area (Å²) in [6.07, 6.45) is 3.29. The fraction of sp³-hybridized carbons (Fsp3) is 0.500. The molecule has 0 aliphatic carbocycles. The average Bonchev–Trinajstić information content (AvgIpc) is 2.39. The number of carbonyl (C=O) groups excluding carboxylic acids is 1. The Morgan fingerprint density at radius 1 is 1.50 bits per heavy atom. The van der Waals surface area contributed by atoms with Gasteiger partial charge < -0.3 is 10.2 Å². The molecule has 1 N–H and O–H groups in total. The Kier molecular flexibility index (Phi) is 4.78. The van der Waals surface area contributed by atoms with Crippen LogP contribution in [-0.2, 0) is 11.3 Å². The Balaban J connectivity index is 1.94. The number of benzene rings is 1. The molecule has 1 aromatic rings. The van der Waals surface area contributed by atoms with Crippen molar-refractivity contribution in [1.82, 2.24) is 10.2 Å². The van der Waals surface area contributed by atoms with E-state index in [-0.39, 0.29) is 11.9 Å². The van der Waals surface area contributed by atoms with Crippen molar-refractivity contribution in [3.05, 3.63) is 34.3 Å². The molecule has 1 atom stereocenters. The molecule has 0 aromatic heterocycles. The monoisotopic (exact) mass is 310 g/mol. The summed E-state index contributed by atoms with van der Waals surface area (Å²) in [6, 6.07) is 8.10. The van der Waals surface area contributed by atoms with E-state index in [9.17, 15) is 4.79 Å². The third kappa shape index (κ3) is 3.56. The second kappa shape index (κ2) is 6.34. The van der Waals surface area contributed by atoms with Crippen molar-refractivity contribution in [1.29, 1.82) is 0 Å². The summed E-state index contributed by atoms with van der Waals surface area (Å²) in [6.45, 7) is 1.62. The summed E-state index contributed by atoms with van der Waals surface area (Å²) < 4.78 is 1.05. The highest BCUT2D eigenvalue weighted by molar-refractivity contribution is 9.10. The highest BCUT2D eigenvalue weighted by atomic mass is 79.9. The number of piperidine rings is 1. The van der Waals surface area contributed by atoms with Crippen LogP contribution in [0.5, 0.6) is 0 Å². The fourth-order valence-corrected chi connectivity index (χ4v) is 2.76. The van der Waals surface area contributed by atoms with Crippen molar-refractivity contribution in [3.8, 4) is 0 Å². The first-order chi connectivity index (χ1) is 8.66. The number of rotatable bonds is 3. The second-order valence-electron chi connectivity index (χ2n) is 4.83. The lowest BCUT2D eigenvalue weighted by Crippen LogP contribution is -2.46. The first-order valence-electron chi connectivity index (χ1n) is 6.39. The molecule has 4 heteroatoms. The van der Waals surface area contributed by atoms with Crippen LogP contribution in [0.4, 0.5) is 0 Å². The van der Waals surface area contributed by atoms with E-state index < -0.39 is 0 Å². The van der Waals surface area contributed by atoms with Gasteiger partial charge in [0.15, 0.2) is 0 Å². The van der Waals surface area contributed by atoms with Gasteiger partial charge in [0.1, 0.15) is 0 Å². The highest BCUT2D eigenvalue weighted by Gasteiger charge is 2.23. The van der Waals surface area contributed by atoms with Crippen molar-refractivity contribution >= 4 is 21.8 Å². The van der Waals surface area contributed by atoms with Gasteiger partial charge in [-0.15, -0.1) is 0 Å². The van der Waals surface area contributed by atoms with E-state index >= 15 is 0 Å². The Morgan fingerprint density at radius 3 is 3.00 bits per heavy atom. The highest BCUT2D eigenvalue weighted by Crippen LogP contribution is 2.15. The Morgan fingerprint density at radius 2 is 2.33 bits per heavy atom. The van der Waals surface area contributed by atoms with Gasteiger partial charge >= 0.3 is 0 Å². The normalized spacial score (nSPS) is 19.6. The molecular weight excluding hydrogens is 292 g/mol. The number of hydrogen-bond acceptors (Lipinski definition) is 2. The molecule has 18 heavy (non-hydrogen) atoms. The number of likely N-dealkylation sites (N-methyl/N-ethyl adjacent to an activating group) is 1. The standard InChI is InChI=1S/C14H19BrN2O/c1-17(10-11-5-4-6-12(15)9-11)14(18)13-7-2-3-8-16-13/h4-6,9,13,16H,2-3,7-8,10H2,1H3/t13-/m1/s1.